The molecule has 2 aromatic rings. The number of ketones is 1. The van der Waals surface area contributed by atoms with Gasteiger partial charge in [-0.25, -0.2) is 4.79 Å². The highest BCUT2D eigenvalue weighted by molar-refractivity contribution is 6.05. The van der Waals surface area contributed by atoms with Crippen LogP contribution in [0, 0.1) is 5.92 Å². The number of nitrogens with zero attached hydrogens (tertiary/aromatic N) is 2. The van der Waals surface area contributed by atoms with E-state index in [4.69, 9.17) is 4.74 Å². The van der Waals surface area contributed by atoms with Gasteiger partial charge in [-0.15, -0.1) is 0 Å². The second-order valence-electron chi connectivity index (χ2n) is 12.4. The van der Waals surface area contributed by atoms with Crippen LogP contribution >= 0.6 is 0 Å². The monoisotopic (exact) mass is 574 g/mol. The van der Waals surface area contributed by atoms with Crippen molar-refractivity contribution in [1.29, 1.82) is 0 Å². The molecule has 1 aliphatic heterocycles. The number of halogens is 3. The molecule has 0 aliphatic carbocycles. The average molecular weight is 575 g/mol. The molecule has 0 bridgehead atoms. The Kier molecular flexibility index (Phi) is 9.05. The number of aromatic hydroxyl groups is 1. The Morgan fingerprint density at radius 2 is 1.51 bits per heavy atom. The van der Waals surface area contributed by atoms with E-state index in [1.165, 1.54) is 0 Å². The van der Waals surface area contributed by atoms with Gasteiger partial charge in [0, 0.05) is 22.6 Å². The summed E-state index contributed by atoms with van der Waals surface area (Å²) in [5.74, 6) is -4.56. The van der Waals surface area contributed by atoms with E-state index in [2.05, 4.69) is 4.99 Å². The zero-order valence-corrected chi connectivity index (χ0v) is 24.4. The van der Waals surface area contributed by atoms with Gasteiger partial charge in [0.15, 0.2) is 5.78 Å². The zero-order chi connectivity index (χ0) is 30.9. The lowest BCUT2D eigenvalue weighted by atomic mass is 9.78. The number of esters is 1. The van der Waals surface area contributed by atoms with E-state index in [1.54, 1.807) is 42.5 Å². The molecule has 1 amide bonds. The summed E-state index contributed by atoms with van der Waals surface area (Å²) in [4.78, 5) is 43.2. The number of aliphatic imine (C=N–C) groups is 1. The molecular weight excluding hydrogens is 537 g/mol. The number of Topliss-reactive ketones (excluding diaryl/α,β-unsaturated/α-hetero) is 1. The zero-order valence-electron chi connectivity index (χ0n) is 24.4. The van der Waals surface area contributed by atoms with Gasteiger partial charge in [0.25, 0.3) is 0 Å². The number of phenols is 1. The van der Waals surface area contributed by atoms with Gasteiger partial charge in [-0.05, 0) is 41.4 Å². The standard InChI is InChI=1S/C31H37F3N2O5/c1-29(2,3)21-14-19(15-22(25(21)38)30(4,5)6)24(37)17-36-23(27(39)41-7)16-20(13-18-11-9-8-10-12-18)26(36)35-28(40)31(32,33)34/h8-12,14-15,20,23,38H,13,16-17H2,1-7H3. The van der Waals surface area contributed by atoms with E-state index in [0.717, 1.165) is 17.6 Å². The third-order valence-corrected chi connectivity index (χ3v) is 7.16. The van der Waals surface area contributed by atoms with Gasteiger partial charge >= 0.3 is 18.1 Å². The second kappa shape index (κ2) is 11.7. The molecule has 1 N–H and O–H groups in total. The van der Waals surface area contributed by atoms with Crippen LogP contribution in [0.15, 0.2) is 47.5 Å². The number of amides is 1. The Morgan fingerprint density at radius 1 is 0.976 bits per heavy atom. The predicted molar refractivity (Wildman–Crippen MR) is 149 cm³/mol. The summed E-state index contributed by atoms with van der Waals surface area (Å²) in [6.07, 6.45) is -5.02. The molecule has 41 heavy (non-hydrogen) atoms. The van der Waals surface area contributed by atoms with Crippen LogP contribution in [0.2, 0.25) is 0 Å². The molecule has 222 valence electrons. The number of carbonyl (C=O) groups excluding carboxylic acids is 3. The predicted octanol–water partition coefficient (Wildman–Crippen LogP) is 5.76. The van der Waals surface area contributed by atoms with Gasteiger partial charge in [-0.2, -0.15) is 18.2 Å². The van der Waals surface area contributed by atoms with Crippen LogP contribution in [0.3, 0.4) is 0 Å². The van der Waals surface area contributed by atoms with E-state index in [1.807, 2.05) is 41.5 Å². The van der Waals surface area contributed by atoms with Crippen LogP contribution in [0.25, 0.3) is 0 Å². The molecule has 7 nitrogen and oxygen atoms in total. The number of hydrogen-bond donors (Lipinski definition) is 1. The summed E-state index contributed by atoms with van der Waals surface area (Å²) in [5, 5.41) is 11.0. The topological polar surface area (TPSA) is 96.3 Å². The Balaban J connectivity index is 2.13. The van der Waals surface area contributed by atoms with Crippen molar-refractivity contribution >= 4 is 23.5 Å². The molecule has 3 rings (SSSR count). The molecule has 2 unspecified atom stereocenters. The summed E-state index contributed by atoms with van der Waals surface area (Å²) in [7, 11) is 1.15. The number of rotatable bonds is 6. The Labute approximate surface area is 238 Å². The molecule has 1 aliphatic rings. The summed E-state index contributed by atoms with van der Waals surface area (Å²) in [5.41, 5.74) is 0.980. The number of phenolic OH excluding ortho intramolecular Hbond substituents is 1. The second-order valence-corrected chi connectivity index (χ2v) is 12.4. The van der Waals surface area contributed by atoms with Crippen LogP contribution in [0.4, 0.5) is 13.2 Å². The van der Waals surface area contributed by atoms with Crippen LogP contribution < -0.4 is 0 Å². The van der Waals surface area contributed by atoms with E-state index in [-0.39, 0.29) is 30.0 Å². The molecular formula is C31H37F3N2O5. The fraction of sp³-hybridized carbons (Fsp3) is 0.484. The van der Waals surface area contributed by atoms with Crippen LogP contribution in [-0.2, 0) is 31.6 Å². The highest BCUT2D eigenvalue weighted by atomic mass is 19.4. The number of carbonyl (C=O) groups is 3. The fourth-order valence-corrected chi connectivity index (χ4v) is 5.03. The molecule has 0 radical (unpaired) electrons. The maximum absolute atomic E-state index is 13.8. The average Bonchev–Trinajstić information content (AvgIpc) is 3.18. The fourth-order valence-electron chi connectivity index (χ4n) is 5.03. The quantitative estimate of drug-likeness (QED) is 0.348. The summed E-state index contributed by atoms with van der Waals surface area (Å²) in [6, 6.07) is 10.9. The van der Waals surface area contributed by atoms with Gasteiger partial charge in [-0.1, -0.05) is 71.9 Å². The van der Waals surface area contributed by atoms with Crippen molar-refractivity contribution in [3.05, 3.63) is 64.7 Å². The first-order chi connectivity index (χ1) is 18.8. The lowest BCUT2D eigenvalue weighted by Gasteiger charge is -2.29. The Morgan fingerprint density at radius 3 is 1.98 bits per heavy atom. The highest BCUT2D eigenvalue weighted by Gasteiger charge is 2.46. The third kappa shape index (κ3) is 7.34. The van der Waals surface area contributed by atoms with Crippen molar-refractivity contribution in [2.45, 2.75) is 77.4 Å². The number of methoxy groups -OCH3 is 1. The minimum atomic E-state index is -5.23. The van der Waals surface area contributed by atoms with E-state index in [9.17, 15) is 32.7 Å². The van der Waals surface area contributed by atoms with E-state index in [0.29, 0.717) is 11.1 Å². The van der Waals surface area contributed by atoms with Gasteiger partial charge in [0.05, 0.1) is 13.7 Å². The number of hydrogen-bond acceptors (Lipinski definition) is 5. The number of alkyl halides is 3. The molecule has 10 heteroatoms. The lowest BCUT2D eigenvalue weighted by Crippen LogP contribution is -2.43. The molecule has 1 heterocycles. The molecule has 1 saturated heterocycles. The van der Waals surface area contributed by atoms with Crippen molar-refractivity contribution in [1.82, 2.24) is 4.90 Å². The number of amidine groups is 1. The maximum Gasteiger partial charge on any atom is 0.473 e. The first-order valence-corrected chi connectivity index (χ1v) is 13.3. The Hall–Kier alpha value is -3.69. The first kappa shape index (κ1) is 31.8. The summed E-state index contributed by atoms with van der Waals surface area (Å²) < 4.78 is 44.9. The van der Waals surface area contributed by atoms with Crippen molar-refractivity contribution in [2.75, 3.05) is 13.7 Å². The van der Waals surface area contributed by atoms with Crippen LogP contribution in [0.1, 0.15) is 75.0 Å². The van der Waals surface area contributed by atoms with Gasteiger partial charge < -0.3 is 14.7 Å². The van der Waals surface area contributed by atoms with Gasteiger partial charge in [0.1, 0.15) is 17.6 Å². The molecule has 2 atom stereocenters. The number of ether oxygens (including phenoxy) is 1. The summed E-state index contributed by atoms with van der Waals surface area (Å²) >= 11 is 0. The maximum atomic E-state index is 13.8. The Bertz CT molecular complexity index is 1300. The highest BCUT2D eigenvalue weighted by Crippen LogP contribution is 2.40. The SMILES string of the molecule is COC(=O)C1CC(Cc2ccccc2)C(=NC(=O)C(F)(F)F)N1CC(=O)c1cc(C(C)(C)C)c(O)c(C(C)(C)C)c1. The van der Waals surface area contributed by atoms with Crippen molar-refractivity contribution in [2.24, 2.45) is 10.9 Å². The van der Waals surface area contributed by atoms with E-state index < -0.39 is 53.2 Å². The molecule has 1 fully saturated rings. The van der Waals surface area contributed by atoms with E-state index >= 15 is 0 Å². The van der Waals surface area contributed by atoms with Crippen molar-refractivity contribution in [3.8, 4) is 5.75 Å². The minimum Gasteiger partial charge on any atom is -0.507 e. The summed E-state index contributed by atoms with van der Waals surface area (Å²) in [6.45, 7) is 10.8. The van der Waals surface area contributed by atoms with Crippen LogP contribution in [-0.4, -0.2) is 59.4 Å². The normalized spacial score (nSPS) is 19.0. The van der Waals surface area contributed by atoms with Gasteiger partial charge in [-0.3, -0.25) is 9.59 Å². The molecule has 0 spiro atoms. The van der Waals surface area contributed by atoms with Gasteiger partial charge in [0.2, 0.25) is 0 Å². The number of likely N-dealkylation sites (tertiary alicyclic amines) is 1. The molecule has 0 saturated carbocycles. The minimum absolute atomic E-state index is 0.00881. The lowest BCUT2D eigenvalue weighted by molar-refractivity contribution is -0.169. The molecule has 2 aromatic carbocycles. The molecule has 0 aromatic heterocycles. The first-order valence-electron chi connectivity index (χ1n) is 13.3. The largest absolute Gasteiger partial charge is 0.507 e. The smallest absolute Gasteiger partial charge is 0.473 e. The van der Waals surface area contributed by atoms with Crippen LogP contribution in [0.5, 0.6) is 5.75 Å². The van der Waals surface area contributed by atoms with Crippen molar-refractivity contribution < 1.29 is 37.4 Å². The number of benzene rings is 2. The third-order valence-electron chi connectivity index (χ3n) is 7.16. The van der Waals surface area contributed by atoms with Crippen molar-refractivity contribution in [3.63, 3.8) is 0 Å².